The van der Waals surface area contributed by atoms with E-state index >= 15 is 0 Å². The molecule has 2 amide bonds. The molecule has 4 heterocycles. The first-order valence-electron chi connectivity index (χ1n) is 9.38. The Kier molecular flexibility index (Phi) is 6.53. The summed E-state index contributed by atoms with van der Waals surface area (Å²) in [5.74, 6) is -2.13. The molecule has 1 saturated heterocycles. The number of oxime groups is 1. The summed E-state index contributed by atoms with van der Waals surface area (Å²) in [6.07, 6.45) is 1.66. The van der Waals surface area contributed by atoms with Crippen LogP contribution >= 0.6 is 34.4 Å². The number of nitrogens with two attached hydrogens (primary N) is 1. The minimum Gasteiger partial charge on any atom is -0.489 e. The number of nitrogen functional groups attached to an aromatic ring is 1. The van der Waals surface area contributed by atoms with E-state index in [1.54, 1.807) is 6.20 Å². The van der Waals surface area contributed by atoms with Gasteiger partial charge in [-0.25, -0.2) is 14.8 Å². The third-order valence-electron chi connectivity index (χ3n) is 4.64. The lowest BCUT2D eigenvalue weighted by Gasteiger charge is -2.48. The molecule has 4 N–H and O–H groups in total. The number of carboxylic acid groups (broad SMARTS) is 1. The number of hydrogen-bond acceptors (Lipinski definition) is 12. The molecule has 0 radical (unpaired) electrons. The second kappa shape index (κ2) is 9.36. The summed E-state index contributed by atoms with van der Waals surface area (Å²) in [6.45, 7) is 2.01. The first-order valence-corrected chi connectivity index (χ1v) is 12.1. The minimum absolute atomic E-state index is 0.143. The Morgan fingerprint density at radius 3 is 2.85 bits per heavy atom. The predicted molar refractivity (Wildman–Crippen MR) is 121 cm³/mol. The van der Waals surface area contributed by atoms with Crippen LogP contribution in [-0.2, 0) is 30.6 Å². The highest BCUT2D eigenvalue weighted by Gasteiger charge is 2.55. The number of fused-ring (bicyclic) bond motifs is 1. The van der Waals surface area contributed by atoms with Gasteiger partial charge in [0.2, 0.25) is 0 Å². The third-order valence-corrected chi connectivity index (χ3v) is 7.46. The van der Waals surface area contributed by atoms with Gasteiger partial charge in [-0.3, -0.25) is 14.5 Å². The lowest BCUT2D eigenvalue weighted by atomic mass is 10.0. The highest BCUT2D eigenvalue weighted by atomic mass is 32.2. The Morgan fingerprint density at radius 1 is 1.45 bits per heavy atom. The van der Waals surface area contributed by atoms with E-state index in [1.807, 2.05) is 6.92 Å². The van der Waals surface area contributed by atoms with Gasteiger partial charge in [0.05, 0.1) is 15.6 Å². The van der Waals surface area contributed by atoms with E-state index in [1.165, 1.54) is 35.6 Å². The molecule has 1 fully saturated rings. The topological polar surface area (TPSA) is 169 Å². The number of carbonyl (C=O) groups is 3. The second-order valence-electron chi connectivity index (χ2n) is 6.77. The fourth-order valence-corrected chi connectivity index (χ4v) is 5.77. The summed E-state index contributed by atoms with van der Waals surface area (Å²) < 4.78 is 5.72. The van der Waals surface area contributed by atoms with Crippen LogP contribution in [0.15, 0.2) is 28.2 Å². The average Bonchev–Trinajstić information content (AvgIpc) is 3.40. The number of ether oxygens (including phenoxy) is 1. The molecule has 174 valence electrons. The summed E-state index contributed by atoms with van der Waals surface area (Å²) in [5, 5.41) is 18.1. The standard InChI is InChI=1S/C18H18N6O6S3/c1-7-20-3-8(33-7)4-30-10-6-31-16-12(15(26)24(16)13(10)17(27)28)22-14(25)11(23-29-2)9-5-32-18(19)21-9/h3,5,12,16H,4,6H2,1-2H3,(H2,19,21)(H,22,25)(H,27,28)/b23-11-/t12-,16-/m1/s1. The van der Waals surface area contributed by atoms with Gasteiger partial charge in [0.15, 0.2) is 16.5 Å². The van der Waals surface area contributed by atoms with E-state index in [0.29, 0.717) is 0 Å². The van der Waals surface area contributed by atoms with Crippen LogP contribution in [0.4, 0.5) is 5.13 Å². The lowest BCUT2D eigenvalue weighted by Crippen LogP contribution is -2.71. The van der Waals surface area contributed by atoms with Crippen molar-refractivity contribution in [3.63, 3.8) is 0 Å². The maximum atomic E-state index is 12.8. The summed E-state index contributed by atoms with van der Waals surface area (Å²) >= 11 is 3.85. The number of nitrogens with one attached hydrogen (secondary N) is 1. The Morgan fingerprint density at radius 2 is 2.24 bits per heavy atom. The first kappa shape index (κ1) is 23.0. The van der Waals surface area contributed by atoms with Crippen molar-refractivity contribution in [1.29, 1.82) is 0 Å². The SMILES string of the molecule is CO/N=C(\C(=O)N[C@@H]1C(=O)N2C(C(=O)O)=C(OCc3cnc(C)s3)CS[C@H]12)c1csc(N)n1. The summed E-state index contributed by atoms with van der Waals surface area (Å²) in [7, 11) is 1.27. The van der Waals surface area contributed by atoms with Gasteiger partial charge in [0.1, 0.15) is 36.6 Å². The molecule has 0 aromatic carbocycles. The number of β-lactam (4-membered cyclic amide) rings is 1. The summed E-state index contributed by atoms with van der Waals surface area (Å²) in [5.41, 5.74) is 5.45. The van der Waals surface area contributed by atoms with E-state index < -0.39 is 29.2 Å². The van der Waals surface area contributed by atoms with Gasteiger partial charge >= 0.3 is 5.97 Å². The Bertz CT molecular complexity index is 1170. The number of aliphatic carboxylic acids is 1. The van der Waals surface area contributed by atoms with Crippen LogP contribution < -0.4 is 11.1 Å². The fraction of sp³-hybridized carbons (Fsp3) is 0.333. The number of amides is 2. The second-order valence-corrected chi connectivity index (χ2v) is 10.1. The zero-order valence-corrected chi connectivity index (χ0v) is 19.8. The number of hydrogen-bond donors (Lipinski definition) is 3. The number of carboxylic acids is 1. The molecule has 0 spiro atoms. The van der Waals surface area contributed by atoms with Gasteiger partial charge in [-0.15, -0.1) is 34.4 Å². The van der Waals surface area contributed by atoms with E-state index in [-0.39, 0.29) is 40.4 Å². The highest BCUT2D eigenvalue weighted by molar-refractivity contribution is 8.00. The number of anilines is 1. The Labute approximate surface area is 199 Å². The number of thiazole rings is 2. The van der Waals surface area contributed by atoms with Crippen molar-refractivity contribution in [3.05, 3.63) is 38.6 Å². The molecule has 33 heavy (non-hydrogen) atoms. The van der Waals surface area contributed by atoms with Crippen LogP contribution in [0, 0.1) is 6.92 Å². The van der Waals surface area contributed by atoms with Gasteiger partial charge < -0.3 is 25.7 Å². The van der Waals surface area contributed by atoms with Crippen molar-refractivity contribution < 1.29 is 29.1 Å². The van der Waals surface area contributed by atoms with Gasteiger partial charge in [0, 0.05) is 11.6 Å². The molecule has 2 aromatic rings. The molecule has 4 rings (SSSR count). The molecule has 15 heteroatoms. The maximum Gasteiger partial charge on any atom is 0.356 e. The van der Waals surface area contributed by atoms with Crippen molar-refractivity contribution in [2.24, 2.45) is 5.16 Å². The van der Waals surface area contributed by atoms with Crippen LogP contribution in [0.3, 0.4) is 0 Å². The first-order chi connectivity index (χ1) is 15.8. The third kappa shape index (κ3) is 4.51. The molecule has 0 aliphatic carbocycles. The van der Waals surface area contributed by atoms with E-state index in [9.17, 15) is 19.5 Å². The number of carbonyl (C=O) groups excluding carboxylic acids is 2. The molecule has 12 nitrogen and oxygen atoms in total. The van der Waals surface area contributed by atoms with Crippen LogP contribution in [0.2, 0.25) is 0 Å². The Balaban J connectivity index is 1.49. The number of aryl methyl sites for hydroxylation is 1. The zero-order chi connectivity index (χ0) is 23.7. The van der Waals surface area contributed by atoms with Gasteiger partial charge in [-0.1, -0.05) is 5.16 Å². The number of thioether (sulfide) groups is 1. The maximum absolute atomic E-state index is 12.8. The molecular formula is C18H18N6O6S3. The molecule has 0 unspecified atom stereocenters. The highest BCUT2D eigenvalue weighted by Crippen LogP contribution is 2.41. The number of aromatic nitrogens is 2. The molecule has 0 saturated carbocycles. The van der Waals surface area contributed by atoms with Gasteiger partial charge in [0.25, 0.3) is 11.8 Å². The van der Waals surface area contributed by atoms with Crippen molar-refractivity contribution >= 4 is 63.1 Å². The fourth-order valence-electron chi connectivity index (χ4n) is 3.23. The van der Waals surface area contributed by atoms with Crippen LogP contribution in [0.1, 0.15) is 15.6 Å². The van der Waals surface area contributed by atoms with Crippen LogP contribution in [0.25, 0.3) is 0 Å². The summed E-state index contributed by atoms with van der Waals surface area (Å²) in [6, 6.07) is -0.944. The molecule has 2 aliphatic heterocycles. The molecule has 2 aromatic heterocycles. The van der Waals surface area contributed by atoms with Gasteiger partial charge in [-0.05, 0) is 6.92 Å². The quantitative estimate of drug-likeness (QED) is 0.262. The molecule has 0 bridgehead atoms. The normalized spacial score (nSPS) is 20.2. The average molecular weight is 511 g/mol. The zero-order valence-electron chi connectivity index (χ0n) is 17.3. The molecule has 2 atom stereocenters. The Hall–Kier alpha value is -3.17. The van der Waals surface area contributed by atoms with Crippen molar-refractivity contribution in [2.75, 3.05) is 18.6 Å². The number of nitrogens with zero attached hydrogens (tertiary/aromatic N) is 4. The van der Waals surface area contributed by atoms with E-state index in [2.05, 4.69) is 20.4 Å². The smallest absolute Gasteiger partial charge is 0.356 e. The van der Waals surface area contributed by atoms with Crippen LogP contribution in [0.5, 0.6) is 0 Å². The van der Waals surface area contributed by atoms with Crippen LogP contribution in [-0.4, -0.2) is 67.7 Å². The number of rotatable bonds is 8. The molecule has 2 aliphatic rings. The van der Waals surface area contributed by atoms with E-state index in [4.69, 9.17) is 15.3 Å². The van der Waals surface area contributed by atoms with E-state index in [0.717, 1.165) is 26.1 Å². The minimum atomic E-state index is -1.28. The van der Waals surface area contributed by atoms with Crippen molar-refractivity contribution in [2.45, 2.75) is 24.9 Å². The summed E-state index contributed by atoms with van der Waals surface area (Å²) in [4.78, 5) is 52.4. The monoisotopic (exact) mass is 510 g/mol. The van der Waals surface area contributed by atoms with Gasteiger partial charge in [-0.2, -0.15) is 0 Å². The largest absolute Gasteiger partial charge is 0.489 e. The lowest BCUT2D eigenvalue weighted by molar-refractivity contribution is -0.150. The van der Waals surface area contributed by atoms with Crippen molar-refractivity contribution in [1.82, 2.24) is 20.2 Å². The predicted octanol–water partition coefficient (Wildman–Crippen LogP) is 0.754. The molecular weight excluding hydrogens is 492 g/mol. The van der Waals surface area contributed by atoms with Crippen molar-refractivity contribution in [3.8, 4) is 0 Å².